The van der Waals surface area contributed by atoms with Crippen LogP contribution in [0.4, 0.5) is 17.6 Å². The van der Waals surface area contributed by atoms with E-state index < -0.39 is 25.0 Å². The summed E-state index contributed by atoms with van der Waals surface area (Å²) in [7, 11) is 0. The normalized spacial score (nSPS) is 13.9. The monoisotopic (exact) mass is 305 g/mol. The van der Waals surface area contributed by atoms with Gasteiger partial charge in [-0.3, -0.25) is 0 Å². The van der Waals surface area contributed by atoms with Crippen molar-refractivity contribution >= 4 is 0 Å². The first-order valence-electron chi connectivity index (χ1n) is 6.60. The molecule has 0 aromatic heterocycles. The van der Waals surface area contributed by atoms with Crippen molar-refractivity contribution in [1.29, 1.82) is 0 Å². The molecule has 0 bridgehead atoms. The molecular weight excluding hydrogens is 282 g/mol. The van der Waals surface area contributed by atoms with Crippen molar-refractivity contribution in [3.05, 3.63) is 0 Å². The van der Waals surface area contributed by atoms with E-state index in [-0.39, 0.29) is 19.8 Å². The highest BCUT2D eigenvalue weighted by Crippen LogP contribution is 2.21. The summed E-state index contributed by atoms with van der Waals surface area (Å²) in [5, 5.41) is 11.4. The van der Waals surface area contributed by atoms with E-state index in [1.54, 1.807) is 0 Å². The zero-order valence-corrected chi connectivity index (χ0v) is 11.6. The molecule has 20 heavy (non-hydrogen) atoms. The SMILES string of the molecule is CCCCOCCOCC(O)CNCC(F)(F)C(F)F. The Morgan fingerprint density at radius 2 is 1.80 bits per heavy atom. The summed E-state index contributed by atoms with van der Waals surface area (Å²) in [4.78, 5) is 0. The van der Waals surface area contributed by atoms with Gasteiger partial charge in [0.1, 0.15) is 0 Å². The van der Waals surface area contributed by atoms with Gasteiger partial charge in [0.15, 0.2) is 0 Å². The number of hydrogen-bond donors (Lipinski definition) is 2. The van der Waals surface area contributed by atoms with Gasteiger partial charge in [0, 0.05) is 13.2 Å². The Balaban J connectivity index is 3.44. The largest absolute Gasteiger partial charge is 0.389 e. The molecule has 0 rings (SSSR count). The Morgan fingerprint density at radius 3 is 2.40 bits per heavy atom. The molecule has 2 N–H and O–H groups in total. The Kier molecular flexibility index (Phi) is 11.0. The number of rotatable bonds is 13. The predicted molar refractivity (Wildman–Crippen MR) is 66.4 cm³/mol. The Hall–Kier alpha value is -0.440. The second kappa shape index (κ2) is 11.2. The van der Waals surface area contributed by atoms with E-state index in [2.05, 4.69) is 5.32 Å². The fourth-order valence-corrected chi connectivity index (χ4v) is 1.23. The Bertz CT molecular complexity index is 233. The minimum absolute atomic E-state index is 0.0651. The molecule has 1 atom stereocenters. The maximum Gasteiger partial charge on any atom is 0.319 e. The van der Waals surface area contributed by atoms with Crippen molar-refractivity contribution in [3.8, 4) is 0 Å². The summed E-state index contributed by atoms with van der Waals surface area (Å²) in [5.74, 6) is -4.09. The van der Waals surface area contributed by atoms with E-state index in [0.29, 0.717) is 13.2 Å². The first kappa shape index (κ1) is 19.6. The second-order valence-corrected chi connectivity index (χ2v) is 4.39. The van der Waals surface area contributed by atoms with Crippen LogP contribution < -0.4 is 5.32 Å². The molecule has 122 valence electrons. The Labute approximate surface area is 116 Å². The fourth-order valence-electron chi connectivity index (χ4n) is 1.23. The second-order valence-electron chi connectivity index (χ2n) is 4.39. The molecule has 0 aromatic carbocycles. The average Bonchev–Trinajstić information content (AvgIpc) is 2.37. The summed E-state index contributed by atoms with van der Waals surface area (Å²) in [6.07, 6.45) is -2.75. The van der Waals surface area contributed by atoms with Gasteiger partial charge >= 0.3 is 12.3 Å². The lowest BCUT2D eigenvalue weighted by atomic mass is 10.3. The van der Waals surface area contributed by atoms with Gasteiger partial charge in [0.25, 0.3) is 0 Å². The van der Waals surface area contributed by atoms with Crippen LogP contribution >= 0.6 is 0 Å². The molecule has 0 aliphatic heterocycles. The number of aliphatic hydroxyl groups excluding tert-OH is 1. The molecule has 0 aromatic rings. The highest BCUT2D eigenvalue weighted by molar-refractivity contribution is 4.73. The fraction of sp³-hybridized carbons (Fsp3) is 1.00. The topological polar surface area (TPSA) is 50.7 Å². The molecule has 0 saturated carbocycles. The first-order valence-corrected chi connectivity index (χ1v) is 6.60. The summed E-state index contributed by atoms with van der Waals surface area (Å²) >= 11 is 0. The first-order chi connectivity index (χ1) is 9.40. The number of aliphatic hydroxyl groups is 1. The van der Waals surface area contributed by atoms with Crippen molar-refractivity contribution < 1.29 is 32.1 Å². The molecule has 0 aliphatic rings. The molecule has 8 heteroatoms. The van der Waals surface area contributed by atoms with Crippen LogP contribution in [-0.4, -0.2) is 63.1 Å². The van der Waals surface area contributed by atoms with Gasteiger partial charge in [-0.1, -0.05) is 13.3 Å². The van der Waals surface area contributed by atoms with Gasteiger partial charge in [-0.05, 0) is 6.42 Å². The number of hydrogen-bond acceptors (Lipinski definition) is 4. The number of alkyl halides is 4. The van der Waals surface area contributed by atoms with Crippen molar-refractivity contribution in [2.75, 3.05) is 39.5 Å². The van der Waals surface area contributed by atoms with Gasteiger partial charge in [0.2, 0.25) is 0 Å². The smallest absolute Gasteiger partial charge is 0.319 e. The number of ether oxygens (including phenoxy) is 2. The molecular formula is C12H23F4NO3. The number of unbranched alkanes of at least 4 members (excludes halogenated alkanes) is 1. The van der Waals surface area contributed by atoms with Crippen LogP contribution in [0.2, 0.25) is 0 Å². The van der Waals surface area contributed by atoms with E-state index in [4.69, 9.17) is 9.47 Å². The van der Waals surface area contributed by atoms with E-state index in [9.17, 15) is 22.7 Å². The van der Waals surface area contributed by atoms with E-state index in [1.807, 2.05) is 6.92 Å². The van der Waals surface area contributed by atoms with E-state index in [0.717, 1.165) is 12.8 Å². The van der Waals surface area contributed by atoms with Crippen molar-refractivity contribution in [2.45, 2.75) is 38.2 Å². The molecule has 0 saturated heterocycles. The lowest BCUT2D eigenvalue weighted by Crippen LogP contribution is -2.42. The molecule has 0 heterocycles. The highest BCUT2D eigenvalue weighted by atomic mass is 19.3. The molecule has 0 amide bonds. The molecule has 0 aliphatic carbocycles. The van der Waals surface area contributed by atoms with Crippen LogP contribution in [0.15, 0.2) is 0 Å². The zero-order chi connectivity index (χ0) is 15.4. The van der Waals surface area contributed by atoms with Gasteiger partial charge in [-0.15, -0.1) is 0 Å². The van der Waals surface area contributed by atoms with Crippen LogP contribution in [0.25, 0.3) is 0 Å². The predicted octanol–water partition coefficient (Wildman–Crippen LogP) is 1.67. The maximum absolute atomic E-state index is 12.5. The van der Waals surface area contributed by atoms with Gasteiger partial charge in [-0.2, -0.15) is 8.78 Å². The third-order valence-corrected chi connectivity index (χ3v) is 2.38. The van der Waals surface area contributed by atoms with Gasteiger partial charge < -0.3 is 19.9 Å². The number of halogens is 4. The van der Waals surface area contributed by atoms with Crippen molar-refractivity contribution in [1.82, 2.24) is 5.32 Å². The quantitative estimate of drug-likeness (QED) is 0.401. The lowest BCUT2D eigenvalue weighted by molar-refractivity contribution is -0.126. The van der Waals surface area contributed by atoms with Crippen LogP contribution in [-0.2, 0) is 9.47 Å². The molecule has 0 spiro atoms. The third-order valence-electron chi connectivity index (χ3n) is 2.38. The highest BCUT2D eigenvalue weighted by Gasteiger charge is 2.40. The van der Waals surface area contributed by atoms with Crippen LogP contribution in [0.5, 0.6) is 0 Å². The van der Waals surface area contributed by atoms with Gasteiger partial charge in [0.05, 0.1) is 32.5 Å². The minimum Gasteiger partial charge on any atom is -0.389 e. The standard InChI is InChI=1S/C12H23F4NO3/c1-2-3-4-19-5-6-20-8-10(18)7-17-9-12(15,16)11(13)14/h10-11,17-18H,2-9H2,1H3. The average molecular weight is 305 g/mol. The van der Waals surface area contributed by atoms with Gasteiger partial charge in [-0.25, -0.2) is 8.78 Å². The van der Waals surface area contributed by atoms with Crippen molar-refractivity contribution in [2.24, 2.45) is 0 Å². The van der Waals surface area contributed by atoms with E-state index in [1.165, 1.54) is 0 Å². The summed E-state index contributed by atoms with van der Waals surface area (Å²) in [6, 6.07) is 0. The maximum atomic E-state index is 12.5. The summed E-state index contributed by atoms with van der Waals surface area (Å²) < 4.78 is 58.9. The van der Waals surface area contributed by atoms with Crippen LogP contribution in [0.1, 0.15) is 19.8 Å². The molecule has 0 fully saturated rings. The number of nitrogens with one attached hydrogen (secondary N) is 1. The summed E-state index contributed by atoms with van der Waals surface area (Å²) in [5.41, 5.74) is 0. The molecule has 1 unspecified atom stereocenters. The summed E-state index contributed by atoms with van der Waals surface area (Å²) in [6.45, 7) is 1.89. The van der Waals surface area contributed by atoms with Crippen molar-refractivity contribution in [3.63, 3.8) is 0 Å². The Morgan fingerprint density at radius 1 is 1.15 bits per heavy atom. The third kappa shape index (κ3) is 10.4. The lowest BCUT2D eigenvalue weighted by Gasteiger charge is -2.17. The van der Waals surface area contributed by atoms with E-state index >= 15 is 0 Å². The molecule has 4 nitrogen and oxygen atoms in total. The van der Waals surface area contributed by atoms with Crippen LogP contribution in [0.3, 0.4) is 0 Å². The molecule has 0 radical (unpaired) electrons. The van der Waals surface area contributed by atoms with Crippen LogP contribution in [0, 0.1) is 0 Å². The minimum atomic E-state index is -4.09. The zero-order valence-electron chi connectivity index (χ0n) is 11.6.